The zero-order valence-corrected chi connectivity index (χ0v) is 16.9. The van der Waals surface area contributed by atoms with Gasteiger partial charge < -0.3 is 9.97 Å². The monoisotopic (exact) mass is 392 g/mol. The molecule has 0 radical (unpaired) electrons. The summed E-state index contributed by atoms with van der Waals surface area (Å²) in [6.45, 7) is 0. The maximum Gasteiger partial charge on any atom is 0.0659 e. The van der Waals surface area contributed by atoms with Crippen molar-refractivity contribution in [2.45, 2.75) is 38.0 Å². The Balaban J connectivity index is 1.62. The molecule has 0 aromatic carbocycles. The van der Waals surface area contributed by atoms with Gasteiger partial charge in [-0.15, -0.1) is 0 Å². The molecule has 0 unspecified atom stereocenters. The molecule has 30 heavy (non-hydrogen) atoms. The SMILES string of the molecule is C1=Cc2cc3ccc(cc4cc(C5CCCCC5)c(cc5nc(cc1n2)C=C5)[nH]4)[nH]3. The first-order chi connectivity index (χ1) is 14.8. The van der Waals surface area contributed by atoms with Crippen molar-refractivity contribution in [3.8, 4) is 0 Å². The molecule has 148 valence electrons. The van der Waals surface area contributed by atoms with Gasteiger partial charge in [-0.05, 0) is 91.1 Å². The van der Waals surface area contributed by atoms with E-state index in [0.717, 1.165) is 39.3 Å². The fourth-order valence-electron chi connectivity index (χ4n) is 4.79. The third kappa shape index (κ3) is 3.39. The summed E-state index contributed by atoms with van der Waals surface area (Å²) in [5.41, 5.74) is 9.70. The molecule has 4 heteroatoms. The molecule has 1 aliphatic carbocycles. The molecule has 0 atom stereocenters. The summed E-state index contributed by atoms with van der Waals surface area (Å²) in [6, 6.07) is 15.1. The van der Waals surface area contributed by atoms with Gasteiger partial charge in [-0.2, -0.15) is 0 Å². The molecule has 8 bridgehead atoms. The van der Waals surface area contributed by atoms with Crippen molar-refractivity contribution < 1.29 is 0 Å². The Labute approximate surface area is 175 Å². The van der Waals surface area contributed by atoms with E-state index in [1.807, 2.05) is 18.2 Å². The van der Waals surface area contributed by atoms with E-state index in [9.17, 15) is 0 Å². The highest BCUT2D eigenvalue weighted by atomic mass is 14.8. The highest BCUT2D eigenvalue weighted by Gasteiger charge is 2.18. The van der Waals surface area contributed by atoms with E-state index in [2.05, 4.69) is 58.5 Å². The Kier molecular flexibility index (Phi) is 4.15. The van der Waals surface area contributed by atoms with Gasteiger partial charge in [0.2, 0.25) is 0 Å². The Bertz CT molecular complexity index is 1330. The van der Waals surface area contributed by atoms with E-state index in [-0.39, 0.29) is 0 Å². The lowest BCUT2D eigenvalue weighted by Gasteiger charge is -2.20. The van der Waals surface area contributed by atoms with Crippen molar-refractivity contribution in [3.63, 3.8) is 0 Å². The molecule has 4 nitrogen and oxygen atoms in total. The summed E-state index contributed by atoms with van der Waals surface area (Å²) >= 11 is 0. The van der Waals surface area contributed by atoms with Gasteiger partial charge in [0.15, 0.2) is 0 Å². The summed E-state index contributed by atoms with van der Waals surface area (Å²) in [6.07, 6.45) is 14.8. The van der Waals surface area contributed by atoms with E-state index in [0.29, 0.717) is 5.92 Å². The van der Waals surface area contributed by atoms with Gasteiger partial charge in [0.25, 0.3) is 0 Å². The minimum atomic E-state index is 0.630. The molecule has 6 rings (SSSR count). The van der Waals surface area contributed by atoms with E-state index >= 15 is 0 Å². The van der Waals surface area contributed by atoms with Crippen LogP contribution < -0.4 is 0 Å². The number of fused-ring (bicyclic) bond motifs is 8. The molecule has 0 spiro atoms. The number of hydrogen-bond acceptors (Lipinski definition) is 2. The molecule has 1 fully saturated rings. The maximum absolute atomic E-state index is 4.81. The lowest BCUT2D eigenvalue weighted by molar-refractivity contribution is 0.446. The van der Waals surface area contributed by atoms with Crippen LogP contribution in [-0.2, 0) is 0 Å². The predicted molar refractivity (Wildman–Crippen MR) is 125 cm³/mol. The molecule has 2 aliphatic heterocycles. The Morgan fingerprint density at radius 1 is 0.600 bits per heavy atom. The van der Waals surface area contributed by atoms with Gasteiger partial charge in [-0.25, -0.2) is 9.97 Å². The molecule has 2 N–H and O–H groups in total. The lowest BCUT2D eigenvalue weighted by Crippen LogP contribution is -2.03. The van der Waals surface area contributed by atoms with Crippen molar-refractivity contribution in [2.24, 2.45) is 0 Å². The second-order valence-corrected chi connectivity index (χ2v) is 8.46. The smallest absolute Gasteiger partial charge is 0.0659 e. The molecular formula is C26H24N4. The number of aromatic amines is 2. The summed E-state index contributed by atoms with van der Waals surface area (Å²) in [4.78, 5) is 16.6. The van der Waals surface area contributed by atoms with Crippen LogP contribution in [0.5, 0.6) is 0 Å². The third-order valence-electron chi connectivity index (χ3n) is 6.25. The molecule has 5 heterocycles. The van der Waals surface area contributed by atoms with Crippen molar-refractivity contribution in [3.05, 3.63) is 70.8 Å². The van der Waals surface area contributed by atoms with Gasteiger partial charge in [-0.1, -0.05) is 19.3 Å². The van der Waals surface area contributed by atoms with Crippen molar-refractivity contribution in [2.75, 3.05) is 0 Å². The fourth-order valence-corrected chi connectivity index (χ4v) is 4.79. The van der Waals surface area contributed by atoms with Gasteiger partial charge >= 0.3 is 0 Å². The zero-order chi connectivity index (χ0) is 19.9. The van der Waals surface area contributed by atoms with Crippen molar-refractivity contribution in [1.29, 1.82) is 0 Å². The average molecular weight is 393 g/mol. The summed E-state index contributed by atoms with van der Waals surface area (Å²) in [7, 11) is 0. The fraction of sp³-hybridized carbons (Fsp3) is 0.231. The van der Waals surface area contributed by atoms with E-state index in [1.54, 1.807) is 0 Å². The van der Waals surface area contributed by atoms with Crippen LogP contribution in [-0.4, -0.2) is 19.9 Å². The van der Waals surface area contributed by atoms with Crippen LogP contribution in [0.3, 0.4) is 0 Å². The van der Waals surface area contributed by atoms with Crippen LogP contribution in [0, 0.1) is 0 Å². The molecule has 0 amide bonds. The number of hydrogen-bond donors (Lipinski definition) is 2. The number of rotatable bonds is 1. The number of nitrogens with one attached hydrogen (secondary N) is 2. The highest BCUT2D eigenvalue weighted by molar-refractivity contribution is 5.78. The van der Waals surface area contributed by atoms with Crippen LogP contribution in [0.2, 0.25) is 0 Å². The van der Waals surface area contributed by atoms with Crippen molar-refractivity contribution >= 4 is 46.4 Å². The first-order valence-corrected chi connectivity index (χ1v) is 10.9. The quantitative estimate of drug-likeness (QED) is 0.333. The normalized spacial score (nSPS) is 16.3. The van der Waals surface area contributed by atoms with Crippen molar-refractivity contribution in [1.82, 2.24) is 19.9 Å². The highest BCUT2D eigenvalue weighted by Crippen LogP contribution is 2.35. The molecule has 3 aromatic heterocycles. The molecule has 3 aromatic rings. The molecule has 0 saturated heterocycles. The van der Waals surface area contributed by atoms with Crippen LogP contribution in [0.15, 0.2) is 42.5 Å². The molecule has 1 saturated carbocycles. The zero-order valence-electron chi connectivity index (χ0n) is 16.9. The summed E-state index contributed by atoms with van der Waals surface area (Å²) in [5, 5.41) is 0. The third-order valence-corrected chi connectivity index (χ3v) is 6.25. The minimum Gasteiger partial charge on any atom is -0.355 e. The molecular weight excluding hydrogens is 368 g/mol. The summed E-state index contributed by atoms with van der Waals surface area (Å²) < 4.78 is 0. The van der Waals surface area contributed by atoms with Gasteiger partial charge in [0, 0.05) is 22.1 Å². The van der Waals surface area contributed by atoms with Crippen LogP contribution in [0.1, 0.15) is 66.4 Å². The van der Waals surface area contributed by atoms with Crippen LogP contribution in [0.4, 0.5) is 0 Å². The maximum atomic E-state index is 4.81. The average Bonchev–Trinajstić information content (AvgIpc) is 3.53. The van der Waals surface area contributed by atoms with E-state index < -0.39 is 0 Å². The topological polar surface area (TPSA) is 57.4 Å². The van der Waals surface area contributed by atoms with Gasteiger partial charge in [0.1, 0.15) is 0 Å². The number of H-pyrrole nitrogens is 2. The predicted octanol–water partition coefficient (Wildman–Crippen LogP) is 6.70. The Hall–Kier alpha value is -3.40. The molecule has 3 aliphatic rings. The Morgan fingerprint density at radius 2 is 1.23 bits per heavy atom. The number of aromatic nitrogens is 4. The van der Waals surface area contributed by atoms with Gasteiger partial charge in [-0.3, -0.25) is 0 Å². The second kappa shape index (κ2) is 7.13. The minimum absolute atomic E-state index is 0.630. The van der Waals surface area contributed by atoms with Gasteiger partial charge in [0.05, 0.1) is 22.8 Å². The van der Waals surface area contributed by atoms with E-state index in [1.165, 1.54) is 43.2 Å². The first kappa shape index (κ1) is 17.5. The van der Waals surface area contributed by atoms with Crippen LogP contribution >= 0.6 is 0 Å². The number of nitrogens with zero attached hydrogens (tertiary/aromatic N) is 2. The second-order valence-electron chi connectivity index (χ2n) is 8.46. The summed E-state index contributed by atoms with van der Waals surface area (Å²) in [5.74, 6) is 0.630. The van der Waals surface area contributed by atoms with E-state index in [4.69, 9.17) is 9.97 Å². The lowest BCUT2D eigenvalue weighted by atomic mass is 9.84. The standard InChI is InChI=1S/C26H24N4/c1-2-4-17(5-3-1)25-15-24-14-22-9-8-20(28-22)12-18-6-7-19(27-18)13-21-10-11-23(29-21)16-26(25)30-24/h6-17,28,30H,1-5H2. The first-order valence-electron chi connectivity index (χ1n) is 10.9. The van der Waals surface area contributed by atoms with Crippen LogP contribution in [0.25, 0.3) is 46.4 Å². The Morgan fingerprint density at radius 3 is 1.97 bits per heavy atom. The largest absolute Gasteiger partial charge is 0.355 e.